The number of carbonyl (C=O) groups is 1. The first-order valence-electron chi connectivity index (χ1n) is 6.56. The lowest BCUT2D eigenvalue weighted by molar-refractivity contribution is -0.137. The van der Waals surface area contributed by atoms with Gasteiger partial charge in [0.05, 0.1) is 0 Å². The minimum Gasteiger partial charge on any atom is -0.458 e. The number of hydrogen-bond acceptors (Lipinski definition) is 2. The number of benzene rings is 1. The molecule has 0 amide bonds. The smallest absolute Gasteiger partial charge is 0.333 e. The Kier molecular flexibility index (Phi) is 10.9. The monoisotopic (exact) mass is 282 g/mol. The molecule has 0 N–H and O–H groups in total. The van der Waals surface area contributed by atoms with Gasteiger partial charge < -0.3 is 4.74 Å². The molecular formula is C19H22O2. The predicted octanol–water partition coefficient (Wildman–Crippen LogP) is 4.73. The van der Waals surface area contributed by atoms with E-state index in [2.05, 4.69) is 42.7 Å². The normalized spacial score (nSPS) is 9.76. The van der Waals surface area contributed by atoms with Gasteiger partial charge in [0.1, 0.15) is 6.61 Å². The SMILES string of the molecule is C=CC=CC=Cc1ccccc1.C=CCOC(=O)C(=C)C. The number of carbonyl (C=O) groups excluding carboxylic acids is 1. The summed E-state index contributed by atoms with van der Waals surface area (Å²) in [6, 6.07) is 10.2. The summed E-state index contributed by atoms with van der Waals surface area (Å²) in [4.78, 5) is 10.5. The standard InChI is InChI=1S/C12H12.C7H10O2/c1-2-3-4-6-9-12-10-7-5-8-11-12;1-4-5-9-7(8)6(2)3/h2-11H,1H2;4H,1-2,5H2,3H3. The zero-order valence-corrected chi connectivity index (χ0v) is 12.5. The van der Waals surface area contributed by atoms with E-state index in [-0.39, 0.29) is 12.6 Å². The molecule has 0 radical (unpaired) electrons. The van der Waals surface area contributed by atoms with Crippen molar-refractivity contribution in [2.45, 2.75) is 6.92 Å². The first-order valence-corrected chi connectivity index (χ1v) is 6.56. The van der Waals surface area contributed by atoms with Crippen LogP contribution in [0.1, 0.15) is 12.5 Å². The van der Waals surface area contributed by atoms with Crippen molar-refractivity contribution in [1.82, 2.24) is 0 Å². The van der Waals surface area contributed by atoms with Crippen LogP contribution in [0.15, 0.2) is 86.0 Å². The van der Waals surface area contributed by atoms with Crippen LogP contribution in [0.25, 0.3) is 6.08 Å². The molecule has 0 heterocycles. The van der Waals surface area contributed by atoms with Crippen molar-refractivity contribution < 1.29 is 9.53 Å². The molecule has 1 aromatic carbocycles. The zero-order chi connectivity index (χ0) is 15.9. The van der Waals surface area contributed by atoms with E-state index in [4.69, 9.17) is 0 Å². The highest BCUT2D eigenvalue weighted by molar-refractivity contribution is 5.86. The van der Waals surface area contributed by atoms with Gasteiger partial charge in [-0.2, -0.15) is 0 Å². The molecule has 0 saturated heterocycles. The minimum atomic E-state index is -0.366. The van der Waals surface area contributed by atoms with Crippen LogP contribution in [-0.4, -0.2) is 12.6 Å². The van der Waals surface area contributed by atoms with Gasteiger partial charge in [-0.05, 0) is 12.5 Å². The highest BCUT2D eigenvalue weighted by Crippen LogP contribution is 2.00. The Balaban J connectivity index is 0.000000400. The maximum absolute atomic E-state index is 10.5. The molecule has 0 aromatic heterocycles. The predicted molar refractivity (Wildman–Crippen MR) is 90.8 cm³/mol. The van der Waals surface area contributed by atoms with Gasteiger partial charge in [0.25, 0.3) is 0 Å². The molecule has 0 bridgehead atoms. The summed E-state index contributed by atoms with van der Waals surface area (Å²) in [6.07, 6.45) is 11.2. The van der Waals surface area contributed by atoms with E-state index in [0.717, 1.165) is 0 Å². The topological polar surface area (TPSA) is 26.3 Å². The van der Waals surface area contributed by atoms with Crippen LogP contribution in [0.2, 0.25) is 0 Å². The number of rotatable bonds is 6. The molecule has 110 valence electrons. The summed E-state index contributed by atoms with van der Waals surface area (Å²) in [5.74, 6) is -0.366. The van der Waals surface area contributed by atoms with Gasteiger partial charge in [-0.15, -0.1) is 0 Å². The van der Waals surface area contributed by atoms with Crippen LogP contribution in [0.5, 0.6) is 0 Å². The Hall–Kier alpha value is -2.61. The molecule has 2 heteroatoms. The van der Waals surface area contributed by atoms with E-state index in [1.165, 1.54) is 11.6 Å². The summed E-state index contributed by atoms with van der Waals surface area (Å²) in [7, 11) is 0. The summed E-state index contributed by atoms with van der Waals surface area (Å²) in [6.45, 7) is 12.2. The summed E-state index contributed by atoms with van der Waals surface area (Å²) >= 11 is 0. The van der Waals surface area contributed by atoms with Crippen molar-refractivity contribution in [3.63, 3.8) is 0 Å². The highest BCUT2D eigenvalue weighted by Gasteiger charge is 1.98. The van der Waals surface area contributed by atoms with Gasteiger partial charge in [0, 0.05) is 5.57 Å². The molecule has 0 aliphatic carbocycles. The molecule has 0 fully saturated rings. The van der Waals surface area contributed by atoms with E-state index in [0.29, 0.717) is 5.57 Å². The number of ether oxygens (including phenoxy) is 1. The van der Waals surface area contributed by atoms with Gasteiger partial charge in [-0.3, -0.25) is 0 Å². The van der Waals surface area contributed by atoms with E-state index >= 15 is 0 Å². The number of hydrogen-bond donors (Lipinski definition) is 0. The fourth-order valence-electron chi connectivity index (χ4n) is 1.13. The van der Waals surface area contributed by atoms with Crippen molar-refractivity contribution >= 4 is 12.0 Å². The average Bonchev–Trinajstić information content (AvgIpc) is 2.51. The van der Waals surface area contributed by atoms with Crippen molar-refractivity contribution in [3.05, 3.63) is 91.6 Å². The van der Waals surface area contributed by atoms with E-state index < -0.39 is 0 Å². The average molecular weight is 282 g/mol. The Bertz CT molecular complexity index is 508. The molecule has 0 saturated carbocycles. The first kappa shape index (κ1) is 18.4. The van der Waals surface area contributed by atoms with E-state index in [9.17, 15) is 4.79 Å². The van der Waals surface area contributed by atoms with Crippen LogP contribution in [0.4, 0.5) is 0 Å². The van der Waals surface area contributed by atoms with Gasteiger partial charge in [-0.1, -0.05) is 86.5 Å². The quantitative estimate of drug-likeness (QED) is 0.326. The lowest BCUT2D eigenvalue weighted by Gasteiger charge is -1.97. The van der Waals surface area contributed by atoms with Crippen LogP contribution in [-0.2, 0) is 9.53 Å². The third-order valence-electron chi connectivity index (χ3n) is 2.13. The fourth-order valence-corrected chi connectivity index (χ4v) is 1.13. The second-order valence-electron chi connectivity index (χ2n) is 4.06. The van der Waals surface area contributed by atoms with E-state index in [1.54, 1.807) is 13.0 Å². The molecular weight excluding hydrogens is 260 g/mol. The van der Waals surface area contributed by atoms with E-state index in [1.807, 2.05) is 36.4 Å². The molecule has 1 aromatic rings. The van der Waals surface area contributed by atoms with Gasteiger partial charge >= 0.3 is 5.97 Å². The summed E-state index contributed by atoms with van der Waals surface area (Å²) in [5.41, 5.74) is 1.63. The Morgan fingerprint density at radius 3 is 2.33 bits per heavy atom. The van der Waals surface area contributed by atoms with Crippen LogP contribution < -0.4 is 0 Å². The van der Waals surface area contributed by atoms with Gasteiger partial charge in [-0.25, -0.2) is 4.79 Å². The Morgan fingerprint density at radius 2 is 1.81 bits per heavy atom. The van der Waals surface area contributed by atoms with Gasteiger partial charge in [0.15, 0.2) is 0 Å². The second-order valence-corrected chi connectivity index (χ2v) is 4.06. The molecule has 0 atom stereocenters. The maximum atomic E-state index is 10.5. The maximum Gasteiger partial charge on any atom is 0.333 e. The summed E-state index contributed by atoms with van der Waals surface area (Å²) < 4.78 is 4.60. The molecule has 1 rings (SSSR count). The second kappa shape index (κ2) is 12.4. The number of allylic oxidation sites excluding steroid dienone is 4. The van der Waals surface area contributed by atoms with Gasteiger partial charge in [0.2, 0.25) is 0 Å². The number of esters is 1. The lowest BCUT2D eigenvalue weighted by Crippen LogP contribution is -2.03. The van der Waals surface area contributed by atoms with Crippen molar-refractivity contribution in [2.24, 2.45) is 0 Å². The highest BCUT2D eigenvalue weighted by atomic mass is 16.5. The third kappa shape index (κ3) is 11.0. The van der Waals surface area contributed by atoms with Crippen LogP contribution in [0.3, 0.4) is 0 Å². The molecule has 0 unspecified atom stereocenters. The minimum absolute atomic E-state index is 0.256. The Labute approximate surface area is 127 Å². The molecule has 0 aliphatic heterocycles. The van der Waals surface area contributed by atoms with Crippen LogP contribution >= 0.6 is 0 Å². The molecule has 21 heavy (non-hydrogen) atoms. The molecule has 0 spiro atoms. The molecule has 2 nitrogen and oxygen atoms in total. The van der Waals surface area contributed by atoms with Crippen molar-refractivity contribution in [2.75, 3.05) is 6.61 Å². The Morgan fingerprint density at radius 1 is 1.14 bits per heavy atom. The lowest BCUT2D eigenvalue weighted by atomic mass is 10.2. The zero-order valence-electron chi connectivity index (χ0n) is 12.5. The third-order valence-corrected chi connectivity index (χ3v) is 2.13. The fraction of sp³-hybridized carbons (Fsp3) is 0.105. The largest absolute Gasteiger partial charge is 0.458 e. The van der Waals surface area contributed by atoms with Crippen molar-refractivity contribution in [1.29, 1.82) is 0 Å². The molecule has 0 aliphatic rings. The summed E-state index contributed by atoms with van der Waals surface area (Å²) in [5, 5.41) is 0. The van der Waals surface area contributed by atoms with Crippen LogP contribution in [0, 0.1) is 0 Å². The van der Waals surface area contributed by atoms with Crippen molar-refractivity contribution in [3.8, 4) is 0 Å². The first-order chi connectivity index (χ1) is 10.1.